The number of esters is 1. The Morgan fingerprint density at radius 2 is 1.75 bits per heavy atom. The smallest absolute Gasteiger partial charge is 0.305 e. The average molecular weight is 451 g/mol. The van der Waals surface area contributed by atoms with Crippen molar-refractivity contribution in [2.75, 3.05) is 21.0 Å². The molecule has 0 radical (unpaired) electrons. The fraction of sp³-hybridized carbons (Fsp3) is 0.963. The molecule has 4 saturated carbocycles. The van der Waals surface area contributed by atoms with E-state index in [1.807, 2.05) is 0 Å². The van der Waals surface area contributed by atoms with E-state index in [0.29, 0.717) is 59.6 Å². The molecule has 1 N–H and O–H groups in total. The molecule has 0 aromatic rings. The fourth-order valence-electron chi connectivity index (χ4n) is 9.13. The SMILES string of the molecule is COCO[C@H]1C[C@@H]2C[C@H](O)CC[C@]2(C)C2CC[C@@]3(C)C(CC[C@@H]3[C@H](C)CCC(=O)OC)C21. The molecule has 0 aromatic carbocycles. The predicted octanol–water partition coefficient (Wildman–Crippen LogP) is 5.19. The molecule has 32 heavy (non-hydrogen) atoms. The first kappa shape index (κ1) is 24.5. The lowest BCUT2D eigenvalue weighted by Gasteiger charge is -2.63. The second kappa shape index (κ2) is 9.54. The second-order valence-corrected chi connectivity index (χ2v) is 12.1. The highest BCUT2D eigenvalue weighted by Crippen LogP contribution is 2.68. The van der Waals surface area contributed by atoms with Crippen LogP contribution in [0.5, 0.6) is 0 Å². The molecule has 0 aliphatic heterocycles. The van der Waals surface area contributed by atoms with Gasteiger partial charge in [0, 0.05) is 13.5 Å². The molecular weight excluding hydrogens is 404 g/mol. The number of hydrogen-bond donors (Lipinski definition) is 1. The third kappa shape index (κ3) is 4.15. The number of hydrogen-bond acceptors (Lipinski definition) is 5. The summed E-state index contributed by atoms with van der Waals surface area (Å²) in [4.78, 5) is 11.7. The third-order valence-electron chi connectivity index (χ3n) is 10.8. The van der Waals surface area contributed by atoms with Crippen LogP contribution in [0, 0.1) is 46.3 Å². The Morgan fingerprint density at radius 3 is 2.47 bits per heavy atom. The number of aliphatic hydroxyl groups excluding tert-OH is 1. The van der Waals surface area contributed by atoms with E-state index in [-0.39, 0.29) is 18.2 Å². The molecule has 0 bridgehead atoms. The van der Waals surface area contributed by atoms with Gasteiger partial charge in [0.15, 0.2) is 0 Å². The van der Waals surface area contributed by atoms with Crippen LogP contribution in [0.3, 0.4) is 0 Å². The van der Waals surface area contributed by atoms with E-state index in [1.54, 1.807) is 7.11 Å². The molecule has 184 valence electrons. The van der Waals surface area contributed by atoms with Gasteiger partial charge in [0.1, 0.15) is 6.79 Å². The van der Waals surface area contributed by atoms with Crippen LogP contribution in [0.25, 0.3) is 0 Å². The standard InChI is InChI=1S/C27H46O5/c1-17(6-9-24(29)31-5)20-7-8-21-25-22(11-13-27(20,21)3)26(2)12-10-19(28)14-18(26)15-23(25)32-16-30-4/h17-23,25,28H,6-16H2,1-5H3/t17-,18+,19-,20-,21?,22?,23+,25?,26+,27-/m1/s1. The number of rotatable bonds is 7. The lowest BCUT2D eigenvalue weighted by Crippen LogP contribution is -2.59. The lowest BCUT2D eigenvalue weighted by atomic mass is 9.43. The van der Waals surface area contributed by atoms with E-state index >= 15 is 0 Å². The van der Waals surface area contributed by atoms with Gasteiger partial charge in [-0.05, 0) is 104 Å². The zero-order chi connectivity index (χ0) is 23.1. The summed E-state index contributed by atoms with van der Waals surface area (Å²) in [6.07, 6.45) is 10.7. The highest BCUT2D eigenvalue weighted by molar-refractivity contribution is 5.69. The molecule has 0 spiro atoms. The molecule has 0 saturated heterocycles. The summed E-state index contributed by atoms with van der Waals surface area (Å²) in [5, 5.41) is 10.4. The van der Waals surface area contributed by atoms with Crippen molar-refractivity contribution in [1.29, 1.82) is 0 Å². The van der Waals surface area contributed by atoms with Gasteiger partial charge < -0.3 is 19.3 Å². The van der Waals surface area contributed by atoms with Crippen LogP contribution in [-0.4, -0.2) is 44.3 Å². The maximum Gasteiger partial charge on any atom is 0.305 e. The third-order valence-corrected chi connectivity index (χ3v) is 10.8. The van der Waals surface area contributed by atoms with Crippen LogP contribution in [0.1, 0.15) is 85.0 Å². The Balaban J connectivity index is 1.57. The first-order chi connectivity index (χ1) is 15.2. The van der Waals surface area contributed by atoms with Gasteiger partial charge in [0.25, 0.3) is 0 Å². The summed E-state index contributed by atoms with van der Waals surface area (Å²) in [6, 6.07) is 0. The van der Waals surface area contributed by atoms with E-state index in [9.17, 15) is 9.90 Å². The van der Waals surface area contributed by atoms with Gasteiger partial charge in [0.05, 0.1) is 19.3 Å². The largest absolute Gasteiger partial charge is 0.469 e. The number of ether oxygens (including phenoxy) is 3. The predicted molar refractivity (Wildman–Crippen MR) is 124 cm³/mol. The number of carbonyl (C=O) groups is 1. The molecule has 0 aromatic heterocycles. The average Bonchev–Trinajstić information content (AvgIpc) is 3.13. The van der Waals surface area contributed by atoms with E-state index in [4.69, 9.17) is 14.2 Å². The van der Waals surface area contributed by atoms with Crippen LogP contribution in [-0.2, 0) is 19.0 Å². The van der Waals surface area contributed by atoms with Crippen LogP contribution in [0.2, 0.25) is 0 Å². The number of methoxy groups -OCH3 is 2. The molecule has 4 aliphatic carbocycles. The van der Waals surface area contributed by atoms with Crippen molar-refractivity contribution in [3.8, 4) is 0 Å². The molecule has 10 atom stereocenters. The molecule has 5 heteroatoms. The quantitative estimate of drug-likeness (QED) is 0.427. The van der Waals surface area contributed by atoms with Gasteiger partial charge in [-0.1, -0.05) is 20.8 Å². The Morgan fingerprint density at radius 1 is 1.03 bits per heavy atom. The minimum Gasteiger partial charge on any atom is -0.469 e. The summed E-state index contributed by atoms with van der Waals surface area (Å²) in [6.45, 7) is 7.80. The molecule has 0 amide bonds. The minimum absolute atomic E-state index is 0.0842. The first-order valence-corrected chi connectivity index (χ1v) is 13.1. The van der Waals surface area contributed by atoms with Crippen LogP contribution in [0.15, 0.2) is 0 Å². The minimum atomic E-state index is -0.145. The molecule has 4 rings (SSSR count). The van der Waals surface area contributed by atoms with E-state index in [2.05, 4.69) is 20.8 Å². The molecule has 4 aliphatic rings. The lowest BCUT2D eigenvalue weighted by molar-refractivity contribution is -0.207. The van der Waals surface area contributed by atoms with Crippen molar-refractivity contribution in [3.63, 3.8) is 0 Å². The molecular formula is C27H46O5. The van der Waals surface area contributed by atoms with Gasteiger partial charge in [-0.25, -0.2) is 0 Å². The fourth-order valence-corrected chi connectivity index (χ4v) is 9.13. The van der Waals surface area contributed by atoms with Gasteiger partial charge >= 0.3 is 5.97 Å². The van der Waals surface area contributed by atoms with Gasteiger partial charge in [-0.3, -0.25) is 4.79 Å². The Labute approximate surface area is 195 Å². The normalized spacial score (nSPS) is 46.6. The zero-order valence-electron chi connectivity index (χ0n) is 21.0. The Kier molecular flexibility index (Phi) is 7.30. The Hall–Kier alpha value is -0.650. The maximum absolute atomic E-state index is 11.7. The van der Waals surface area contributed by atoms with Gasteiger partial charge in [0.2, 0.25) is 0 Å². The highest BCUT2D eigenvalue weighted by Gasteiger charge is 2.63. The number of fused-ring (bicyclic) bond motifs is 5. The Bertz CT molecular complexity index is 666. The summed E-state index contributed by atoms with van der Waals surface area (Å²) in [5.41, 5.74) is 0.648. The van der Waals surface area contributed by atoms with Crippen molar-refractivity contribution < 1.29 is 24.1 Å². The molecule has 5 nitrogen and oxygen atoms in total. The monoisotopic (exact) mass is 450 g/mol. The number of aliphatic hydroxyl groups is 1. The molecule has 0 heterocycles. The van der Waals surface area contributed by atoms with Crippen molar-refractivity contribution in [3.05, 3.63) is 0 Å². The van der Waals surface area contributed by atoms with Crippen LogP contribution in [0.4, 0.5) is 0 Å². The van der Waals surface area contributed by atoms with E-state index in [1.165, 1.54) is 32.8 Å². The first-order valence-electron chi connectivity index (χ1n) is 13.1. The topological polar surface area (TPSA) is 65.0 Å². The summed E-state index contributed by atoms with van der Waals surface area (Å²) >= 11 is 0. The van der Waals surface area contributed by atoms with Crippen molar-refractivity contribution in [2.45, 2.75) is 97.2 Å². The van der Waals surface area contributed by atoms with Crippen LogP contribution >= 0.6 is 0 Å². The van der Waals surface area contributed by atoms with Crippen molar-refractivity contribution in [1.82, 2.24) is 0 Å². The summed E-state index contributed by atoms with van der Waals surface area (Å²) < 4.78 is 16.7. The summed E-state index contributed by atoms with van der Waals surface area (Å²) in [7, 11) is 3.21. The van der Waals surface area contributed by atoms with Crippen molar-refractivity contribution >= 4 is 5.97 Å². The van der Waals surface area contributed by atoms with Crippen molar-refractivity contribution in [2.24, 2.45) is 46.3 Å². The van der Waals surface area contributed by atoms with E-state index in [0.717, 1.165) is 32.1 Å². The zero-order valence-corrected chi connectivity index (χ0v) is 21.0. The van der Waals surface area contributed by atoms with Crippen LogP contribution < -0.4 is 0 Å². The van der Waals surface area contributed by atoms with Gasteiger partial charge in [-0.2, -0.15) is 0 Å². The second-order valence-electron chi connectivity index (χ2n) is 12.1. The molecule has 3 unspecified atom stereocenters. The summed E-state index contributed by atoms with van der Waals surface area (Å²) in [5.74, 6) is 3.61. The van der Waals surface area contributed by atoms with E-state index < -0.39 is 0 Å². The maximum atomic E-state index is 11.7. The number of carbonyl (C=O) groups excluding carboxylic acids is 1. The van der Waals surface area contributed by atoms with Gasteiger partial charge in [-0.15, -0.1) is 0 Å². The molecule has 4 fully saturated rings. The highest BCUT2D eigenvalue weighted by atomic mass is 16.7.